The van der Waals surface area contributed by atoms with Gasteiger partial charge >= 0.3 is 24.1 Å². The van der Waals surface area contributed by atoms with E-state index in [0.717, 1.165) is 0 Å². The topological polar surface area (TPSA) is 345 Å². The number of rotatable bonds is 8. The van der Waals surface area contributed by atoms with E-state index < -0.39 is 24.1 Å². The monoisotopic (exact) mass is 542 g/mol. The summed E-state index contributed by atoms with van der Waals surface area (Å²) in [4.78, 5) is 0. The van der Waals surface area contributed by atoms with Crippen molar-refractivity contribution in [2.75, 3.05) is 0 Å². The standard InChI is InChI=1S/C18H22N16O5/c19-27-15(28-20)36-11-3-1-9(5-13(11)38-17(31-23)32-24)7-35-8-10-2-4-12(37-16(29-21)30-22)14(6-10)39-18(33-25)34-26/h1-6,19,21,23,25H,7-8,20,22,24,26H2. The van der Waals surface area contributed by atoms with E-state index in [2.05, 4.69) is 40.9 Å². The average molecular weight is 542 g/mol. The van der Waals surface area contributed by atoms with Crippen LogP contribution < -0.4 is 42.3 Å². The molecule has 2 rings (SSSR count). The van der Waals surface area contributed by atoms with Crippen LogP contribution in [0.3, 0.4) is 0 Å². The predicted octanol–water partition coefficient (Wildman–Crippen LogP) is 1.96. The molecule has 0 aliphatic rings. The van der Waals surface area contributed by atoms with Crippen molar-refractivity contribution in [2.24, 2.45) is 64.2 Å². The quantitative estimate of drug-likeness (QED) is 0.0792. The molecule has 0 spiro atoms. The molecule has 21 heteroatoms. The van der Waals surface area contributed by atoms with Crippen LogP contribution in [-0.4, -0.2) is 24.1 Å². The Bertz CT molecular complexity index is 1230. The first-order valence-electron chi connectivity index (χ1n) is 10.1. The highest BCUT2D eigenvalue weighted by molar-refractivity contribution is 5.80. The van der Waals surface area contributed by atoms with E-state index in [0.29, 0.717) is 11.1 Å². The Morgan fingerprint density at radius 3 is 1.10 bits per heavy atom. The van der Waals surface area contributed by atoms with Crippen molar-refractivity contribution >= 4 is 24.1 Å². The molecular formula is C18H22N16O5. The molecule has 0 saturated carbocycles. The fourth-order valence-corrected chi connectivity index (χ4v) is 2.60. The zero-order valence-electron chi connectivity index (χ0n) is 19.8. The molecule has 0 aromatic heterocycles. The fraction of sp³-hybridized carbons (Fsp3) is 0.111. The zero-order chi connectivity index (χ0) is 28.6. The van der Waals surface area contributed by atoms with E-state index in [-0.39, 0.29) is 36.2 Å². The van der Waals surface area contributed by atoms with Gasteiger partial charge in [-0.3, -0.25) is 0 Å². The molecule has 12 N–H and O–H groups in total. The second-order valence-electron chi connectivity index (χ2n) is 6.56. The third-order valence-electron chi connectivity index (χ3n) is 4.18. The highest BCUT2D eigenvalue weighted by atomic mass is 16.5. The van der Waals surface area contributed by atoms with Crippen molar-refractivity contribution in [3.63, 3.8) is 0 Å². The third kappa shape index (κ3) is 8.50. The number of hydrogen-bond acceptors (Lipinski definition) is 17. The first kappa shape index (κ1) is 29.1. The molecule has 0 fully saturated rings. The Morgan fingerprint density at radius 1 is 0.513 bits per heavy atom. The number of hydrogen-bond donors (Lipinski definition) is 8. The van der Waals surface area contributed by atoms with E-state index in [1.165, 1.54) is 24.3 Å². The second kappa shape index (κ2) is 15.1. The van der Waals surface area contributed by atoms with Crippen LogP contribution in [0.1, 0.15) is 11.1 Å². The molecule has 2 aromatic rings. The van der Waals surface area contributed by atoms with E-state index in [1.54, 1.807) is 12.1 Å². The highest BCUT2D eigenvalue weighted by Crippen LogP contribution is 2.31. The van der Waals surface area contributed by atoms with E-state index in [4.69, 9.17) is 69.2 Å². The molecule has 0 bridgehead atoms. The number of benzene rings is 2. The summed E-state index contributed by atoms with van der Waals surface area (Å²) >= 11 is 0. The Balaban J connectivity index is 2.24. The van der Waals surface area contributed by atoms with E-state index >= 15 is 0 Å². The third-order valence-corrected chi connectivity index (χ3v) is 4.18. The van der Waals surface area contributed by atoms with Gasteiger partial charge in [0.15, 0.2) is 23.0 Å². The molecule has 2 aromatic carbocycles. The van der Waals surface area contributed by atoms with Crippen molar-refractivity contribution in [2.45, 2.75) is 13.2 Å². The van der Waals surface area contributed by atoms with Crippen molar-refractivity contribution in [3.05, 3.63) is 47.5 Å². The summed E-state index contributed by atoms with van der Waals surface area (Å²) in [6.07, 6.45) is 0. The Kier molecular flexibility index (Phi) is 11.3. The average Bonchev–Trinajstić information content (AvgIpc) is 2.97. The molecule has 0 unspecified atom stereocenters. The van der Waals surface area contributed by atoms with Crippen LogP contribution in [0.15, 0.2) is 77.3 Å². The molecule has 0 aliphatic heterocycles. The lowest BCUT2D eigenvalue weighted by Crippen LogP contribution is -2.12. The van der Waals surface area contributed by atoms with Gasteiger partial charge in [0.05, 0.1) is 13.2 Å². The number of nitrogens with zero attached hydrogens (tertiary/aromatic N) is 8. The van der Waals surface area contributed by atoms with Crippen LogP contribution in [0.25, 0.3) is 0 Å². The van der Waals surface area contributed by atoms with Gasteiger partial charge in [0.1, 0.15) is 0 Å². The van der Waals surface area contributed by atoms with Crippen LogP contribution in [0.4, 0.5) is 0 Å². The van der Waals surface area contributed by atoms with Crippen LogP contribution >= 0.6 is 0 Å². The predicted molar refractivity (Wildman–Crippen MR) is 131 cm³/mol. The molecule has 0 heterocycles. The minimum absolute atomic E-state index is 0.00297. The lowest BCUT2D eigenvalue weighted by Gasteiger charge is -2.13. The summed E-state index contributed by atoms with van der Waals surface area (Å²) < 4.78 is 27.0. The highest BCUT2D eigenvalue weighted by Gasteiger charge is 2.15. The first-order valence-corrected chi connectivity index (χ1v) is 10.1. The maximum atomic E-state index is 7.07. The van der Waals surface area contributed by atoms with Crippen molar-refractivity contribution in [1.82, 2.24) is 0 Å². The SMILES string of the molecule is N=NC(=NN)Oc1ccc(COCc2ccc(OC(N=N)=NN)c(OC(N=N)=NN)c2)cc1OC(N=N)=NN. The summed E-state index contributed by atoms with van der Waals surface area (Å²) in [7, 11) is 0. The molecule has 0 atom stereocenters. The van der Waals surface area contributed by atoms with Crippen LogP contribution in [0.5, 0.6) is 23.0 Å². The Labute approximate surface area is 218 Å². The minimum Gasteiger partial charge on any atom is -0.418 e. The number of amidine groups is 4. The van der Waals surface area contributed by atoms with Gasteiger partial charge in [-0.1, -0.05) is 32.6 Å². The molecule has 21 nitrogen and oxygen atoms in total. The van der Waals surface area contributed by atoms with Gasteiger partial charge in [-0.25, -0.2) is 0 Å². The lowest BCUT2D eigenvalue weighted by atomic mass is 10.2. The van der Waals surface area contributed by atoms with Crippen LogP contribution in [0, 0.1) is 22.1 Å². The second-order valence-corrected chi connectivity index (χ2v) is 6.56. The van der Waals surface area contributed by atoms with Gasteiger partial charge in [-0.15, -0.1) is 20.4 Å². The fourth-order valence-electron chi connectivity index (χ4n) is 2.60. The molecule has 0 aliphatic carbocycles. The van der Waals surface area contributed by atoms with Gasteiger partial charge in [0.25, 0.3) is 0 Å². The largest absolute Gasteiger partial charge is 0.418 e. The van der Waals surface area contributed by atoms with Gasteiger partial charge in [0, 0.05) is 0 Å². The first-order chi connectivity index (χ1) is 18.9. The summed E-state index contributed by atoms with van der Waals surface area (Å²) in [6, 6.07) is 7.18. The Hall–Kier alpha value is -6.12. The summed E-state index contributed by atoms with van der Waals surface area (Å²) in [5.41, 5.74) is 29.3. The molecule has 0 saturated heterocycles. The maximum absolute atomic E-state index is 7.07. The number of ether oxygens (including phenoxy) is 5. The van der Waals surface area contributed by atoms with Gasteiger partial charge in [-0.2, -0.15) is 22.1 Å². The van der Waals surface area contributed by atoms with Gasteiger partial charge < -0.3 is 47.1 Å². The van der Waals surface area contributed by atoms with Gasteiger partial charge in [0.2, 0.25) is 0 Å². The van der Waals surface area contributed by atoms with E-state index in [9.17, 15) is 0 Å². The van der Waals surface area contributed by atoms with E-state index in [1.807, 2.05) is 0 Å². The number of hydrazone groups is 4. The van der Waals surface area contributed by atoms with Crippen molar-refractivity contribution in [3.8, 4) is 23.0 Å². The number of nitrogens with one attached hydrogen (secondary N) is 4. The van der Waals surface area contributed by atoms with Crippen molar-refractivity contribution < 1.29 is 23.7 Å². The lowest BCUT2D eigenvalue weighted by molar-refractivity contribution is 0.107. The van der Waals surface area contributed by atoms with Gasteiger partial charge in [-0.05, 0) is 35.4 Å². The maximum Gasteiger partial charge on any atom is 0.357 e. The molecule has 0 radical (unpaired) electrons. The number of nitrogens with two attached hydrogens (primary N) is 4. The molecule has 204 valence electrons. The molecular weight excluding hydrogens is 520 g/mol. The summed E-state index contributed by atoms with van der Waals surface area (Å²) in [6.45, 7) is 0.107. The minimum atomic E-state index is -0.484. The summed E-state index contributed by atoms with van der Waals surface area (Å²) in [5, 5.41) is 24.9. The Morgan fingerprint density at radius 2 is 0.821 bits per heavy atom. The molecule has 39 heavy (non-hydrogen) atoms. The van der Waals surface area contributed by atoms with Crippen molar-refractivity contribution in [1.29, 1.82) is 22.1 Å². The van der Waals surface area contributed by atoms with Crippen LogP contribution in [0.2, 0.25) is 0 Å². The summed E-state index contributed by atoms with van der Waals surface area (Å²) in [5.74, 6) is 20.6. The normalized spacial score (nSPS) is 12.3. The zero-order valence-corrected chi connectivity index (χ0v) is 19.8. The molecule has 0 amide bonds. The van der Waals surface area contributed by atoms with Crippen LogP contribution in [-0.2, 0) is 18.0 Å². The smallest absolute Gasteiger partial charge is 0.357 e.